The van der Waals surface area contributed by atoms with Crippen LogP contribution in [-0.2, 0) is 4.79 Å². The lowest BCUT2D eigenvalue weighted by Crippen LogP contribution is -2.30. The van der Waals surface area contributed by atoms with Gasteiger partial charge in [-0.05, 0) is 25.1 Å². The van der Waals surface area contributed by atoms with Crippen molar-refractivity contribution in [3.63, 3.8) is 0 Å². The van der Waals surface area contributed by atoms with Crippen molar-refractivity contribution in [3.8, 4) is 5.75 Å². The van der Waals surface area contributed by atoms with E-state index in [1.807, 2.05) is 0 Å². The maximum Gasteiger partial charge on any atom is 0.258 e. The smallest absolute Gasteiger partial charge is 0.258 e. The van der Waals surface area contributed by atoms with Crippen LogP contribution in [0.15, 0.2) is 18.2 Å². The number of amides is 1. The van der Waals surface area contributed by atoms with Gasteiger partial charge in [-0.2, -0.15) is 0 Å². The van der Waals surface area contributed by atoms with E-state index >= 15 is 0 Å². The SMILES string of the molecule is C[C@H](Oc1ccc(F)cc1Cl)C(N)=O. The Morgan fingerprint density at radius 1 is 1.64 bits per heavy atom. The van der Waals surface area contributed by atoms with Crippen LogP contribution in [-0.4, -0.2) is 12.0 Å². The Kier molecular flexibility index (Phi) is 3.30. The number of carbonyl (C=O) groups is 1. The molecule has 0 saturated carbocycles. The van der Waals surface area contributed by atoms with Crippen LogP contribution in [0.5, 0.6) is 5.75 Å². The zero-order chi connectivity index (χ0) is 10.7. The number of benzene rings is 1. The van der Waals surface area contributed by atoms with Gasteiger partial charge in [0.1, 0.15) is 11.6 Å². The molecule has 0 spiro atoms. The summed E-state index contributed by atoms with van der Waals surface area (Å²) in [5.74, 6) is -0.834. The lowest BCUT2D eigenvalue weighted by molar-refractivity contribution is -0.123. The lowest BCUT2D eigenvalue weighted by Gasteiger charge is -2.12. The molecule has 2 N–H and O–H groups in total. The summed E-state index contributed by atoms with van der Waals surface area (Å²) in [5, 5.41) is 0.109. The largest absolute Gasteiger partial charge is 0.479 e. The summed E-state index contributed by atoms with van der Waals surface area (Å²) >= 11 is 5.66. The summed E-state index contributed by atoms with van der Waals surface area (Å²) in [4.78, 5) is 10.7. The highest BCUT2D eigenvalue weighted by molar-refractivity contribution is 6.32. The van der Waals surface area contributed by atoms with Crippen molar-refractivity contribution in [1.29, 1.82) is 0 Å². The second kappa shape index (κ2) is 4.28. The first-order valence-electron chi connectivity index (χ1n) is 3.91. The average Bonchev–Trinajstić information content (AvgIpc) is 2.09. The van der Waals surface area contributed by atoms with Crippen LogP contribution in [0.2, 0.25) is 5.02 Å². The minimum atomic E-state index is -0.794. The lowest BCUT2D eigenvalue weighted by atomic mass is 10.3. The Labute approximate surface area is 85.6 Å². The molecule has 0 aliphatic rings. The number of nitrogens with two attached hydrogens (primary N) is 1. The van der Waals surface area contributed by atoms with Crippen LogP contribution >= 0.6 is 11.6 Å². The van der Waals surface area contributed by atoms with Crippen molar-refractivity contribution >= 4 is 17.5 Å². The minimum absolute atomic E-state index is 0.109. The summed E-state index contributed by atoms with van der Waals surface area (Å²) in [7, 11) is 0. The third-order valence-electron chi connectivity index (χ3n) is 1.60. The molecule has 1 atom stereocenters. The summed E-state index contributed by atoms with van der Waals surface area (Å²) in [6.45, 7) is 1.49. The summed E-state index contributed by atoms with van der Waals surface area (Å²) in [6.07, 6.45) is -0.794. The summed E-state index contributed by atoms with van der Waals surface area (Å²) < 4.78 is 17.7. The van der Waals surface area contributed by atoms with Crippen LogP contribution in [0.3, 0.4) is 0 Å². The molecule has 0 unspecified atom stereocenters. The molecule has 0 aromatic heterocycles. The van der Waals surface area contributed by atoms with Crippen LogP contribution in [0.25, 0.3) is 0 Å². The van der Waals surface area contributed by atoms with E-state index in [-0.39, 0.29) is 10.8 Å². The molecule has 0 heterocycles. The zero-order valence-corrected chi connectivity index (χ0v) is 8.22. The predicted octanol–water partition coefficient (Wildman–Crippen LogP) is 1.73. The molecule has 1 aromatic rings. The summed E-state index contributed by atoms with van der Waals surface area (Å²) in [5.41, 5.74) is 4.98. The van der Waals surface area contributed by atoms with E-state index in [0.717, 1.165) is 6.07 Å². The van der Waals surface area contributed by atoms with E-state index in [1.165, 1.54) is 19.1 Å². The van der Waals surface area contributed by atoms with Crippen LogP contribution in [0.1, 0.15) is 6.92 Å². The Morgan fingerprint density at radius 3 is 2.79 bits per heavy atom. The highest BCUT2D eigenvalue weighted by Gasteiger charge is 2.12. The molecule has 0 aliphatic heterocycles. The number of ether oxygens (including phenoxy) is 1. The fourth-order valence-electron chi connectivity index (χ4n) is 0.819. The maximum atomic E-state index is 12.6. The minimum Gasteiger partial charge on any atom is -0.479 e. The number of halogens is 2. The molecule has 3 nitrogen and oxygen atoms in total. The van der Waals surface area contributed by atoms with Crippen LogP contribution in [0.4, 0.5) is 4.39 Å². The molecule has 5 heteroatoms. The van der Waals surface area contributed by atoms with Gasteiger partial charge in [-0.25, -0.2) is 4.39 Å². The van der Waals surface area contributed by atoms with Gasteiger partial charge in [0.05, 0.1) is 5.02 Å². The molecule has 0 bridgehead atoms. The fourth-order valence-corrected chi connectivity index (χ4v) is 1.03. The van der Waals surface area contributed by atoms with E-state index in [0.29, 0.717) is 0 Å². The number of rotatable bonds is 3. The second-order valence-electron chi connectivity index (χ2n) is 2.74. The van der Waals surface area contributed by atoms with Gasteiger partial charge in [-0.15, -0.1) is 0 Å². The van der Waals surface area contributed by atoms with Gasteiger partial charge in [0.15, 0.2) is 6.10 Å². The van der Waals surface area contributed by atoms with Crippen molar-refractivity contribution < 1.29 is 13.9 Å². The molecule has 76 valence electrons. The topological polar surface area (TPSA) is 52.3 Å². The standard InChI is InChI=1S/C9H9ClFNO2/c1-5(9(12)13)14-8-3-2-6(11)4-7(8)10/h2-5H,1H3,(H2,12,13)/t5-/m0/s1. The highest BCUT2D eigenvalue weighted by Crippen LogP contribution is 2.25. The van der Waals surface area contributed by atoms with Crippen molar-refractivity contribution in [2.75, 3.05) is 0 Å². The average molecular weight is 218 g/mol. The highest BCUT2D eigenvalue weighted by atomic mass is 35.5. The first-order valence-corrected chi connectivity index (χ1v) is 4.29. The van der Waals surface area contributed by atoms with Gasteiger partial charge in [0, 0.05) is 0 Å². The molecule has 14 heavy (non-hydrogen) atoms. The molecule has 0 saturated heterocycles. The van der Waals surface area contributed by atoms with Crippen molar-refractivity contribution in [3.05, 3.63) is 29.0 Å². The van der Waals surface area contributed by atoms with Gasteiger partial charge in [0.25, 0.3) is 5.91 Å². The molecule has 1 amide bonds. The molecule has 0 aliphatic carbocycles. The molecule has 0 radical (unpaired) electrons. The zero-order valence-electron chi connectivity index (χ0n) is 7.46. The molecular weight excluding hydrogens is 209 g/mol. The van der Waals surface area contributed by atoms with Gasteiger partial charge >= 0.3 is 0 Å². The second-order valence-corrected chi connectivity index (χ2v) is 3.14. The van der Waals surface area contributed by atoms with Crippen molar-refractivity contribution in [2.24, 2.45) is 5.73 Å². The Balaban J connectivity index is 2.82. The number of hydrogen-bond donors (Lipinski definition) is 1. The van der Waals surface area contributed by atoms with Gasteiger partial charge in [0.2, 0.25) is 0 Å². The number of carbonyl (C=O) groups excluding carboxylic acids is 1. The third kappa shape index (κ3) is 2.60. The van der Waals surface area contributed by atoms with E-state index in [2.05, 4.69) is 0 Å². The van der Waals surface area contributed by atoms with Gasteiger partial charge in [-0.1, -0.05) is 11.6 Å². The summed E-state index contributed by atoms with van der Waals surface area (Å²) in [6, 6.07) is 3.64. The third-order valence-corrected chi connectivity index (χ3v) is 1.89. The monoisotopic (exact) mass is 217 g/mol. The van der Waals surface area contributed by atoms with Crippen molar-refractivity contribution in [1.82, 2.24) is 0 Å². The normalized spacial score (nSPS) is 12.2. The number of primary amides is 1. The van der Waals surface area contributed by atoms with Crippen LogP contribution < -0.4 is 10.5 Å². The predicted molar refractivity (Wildman–Crippen MR) is 50.7 cm³/mol. The quantitative estimate of drug-likeness (QED) is 0.839. The van der Waals surface area contributed by atoms with E-state index < -0.39 is 17.8 Å². The van der Waals surface area contributed by atoms with E-state index in [9.17, 15) is 9.18 Å². The maximum absolute atomic E-state index is 12.6. The molecule has 1 rings (SSSR count). The Morgan fingerprint density at radius 2 is 2.29 bits per heavy atom. The van der Waals surface area contributed by atoms with Gasteiger partial charge in [-0.3, -0.25) is 4.79 Å². The van der Waals surface area contributed by atoms with Crippen molar-refractivity contribution in [2.45, 2.75) is 13.0 Å². The first-order chi connectivity index (χ1) is 6.50. The molecular formula is C9H9ClFNO2. The Hall–Kier alpha value is -1.29. The van der Waals surface area contributed by atoms with Crippen LogP contribution in [0, 0.1) is 5.82 Å². The van der Waals surface area contributed by atoms with E-state index in [4.69, 9.17) is 22.1 Å². The molecule has 1 aromatic carbocycles. The van der Waals surface area contributed by atoms with E-state index in [1.54, 1.807) is 0 Å². The first kappa shape index (κ1) is 10.8. The number of hydrogen-bond acceptors (Lipinski definition) is 2. The molecule has 0 fully saturated rings. The fraction of sp³-hybridized carbons (Fsp3) is 0.222. The Bertz CT molecular complexity index is 357. The van der Waals surface area contributed by atoms with Gasteiger partial charge < -0.3 is 10.5 Å².